The van der Waals surface area contributed by atoms with Crippen LogP contribution in [0.25, 0.3) is 0 Å². The van der Waals surface area contributed by atoms with E-state index in [1.54, 1.807) is 0 Å². The van der Waals surface area contributed by atoms with Crippen LogP contribution >= 0.6 is 11.8 Å². The van der Waals surface area contributed by atoms with Gasteiger partial charge in [0.25, 0.3) is 5.69 Å². The van der Waals surface area contributed by atoms with Crippen molar-refractivity contribution in [1.82, 2.24) is 0 Å². The zero-order valence-corrected chi connectivity index (χ0v) is 19.6. The number of rotatable bonds is 9. The molecule has 2 aromatic rings. The highest BCUT2D eigenvalue weighted by molar-refractivity contribution is 8.00. The predicted octanol–water partition coefficient (Wildman–Crippen LogP) is 4.96. The molecule has 2 aromatic carbocycles. The molecule has 0 heterocycles. The molecule has 0 aliphatic rings. The Morgan fingerprint density at radius 2 is 1.66 bits per heavy atom. The Hall–Kier alpha value is -2.53. The van der Waals surface area contributed by atoms with Crippen molar-refractivity contribution in [1.29, 1.82) is 0 Å². The van der Waals surface area contributed by atoms with Gasteiger partial charge in [-0.25, -0.2) is 0 Å². The average molecular weight is 566 g/mol. The minimum atomic E-state index is -6.55. The lowest BCUT2D eigenvalue weighted by Crippen LogP contribution is -2.49. The standard InChI is InChI=1S/C18H13F7N2O5S3/c1-34(31)10-6-7-14(12(8-10)27(29)30)35(32)9-15(28)26-11-4-2-3-5-13(11)33-18(24,25)16(19,20)17(21,22)23/h2-8H,9H2,1H3,(H,26,28). The first-order valence-electron chi connectivity index (χ1n) is 8.88. The van der Waals surface area contributed by atoms with E-state index >= 15 is 0 Å². The van der Waals surface area contributed by atoms with Crippen molar-refractivity contribution in [3.05, 3.63) is 52.6 Å². The minimum Gasteiger partial charge on any atom is -0.324 e. The molecule has 0 aromatic heterocycles. The monoisotopic (exact) mass is 566 g/mol. The molecule has 1 N–H and O–H groups in total. The van der Waals surface area contributed by atoms with Gasteiger partial charge in [0.2, 0.25) is 5.91 Å². The lowest BCUT2D eigenvalue weighted by atomic mass is 10.3. The molecule has 0 aliphatic heterocycles. The molecule has 2 atom stereocenters. The van der Waals surface area contributed by atoms with E-state index in [0.29, 0.717) is 0 Å². The van der Waals surface area contributed by atoms with Gasteiger partial charge >= 0.3 is 17.4 Å². The summed E-state index contributed by atoms with van der Waals surface area (Å²) < 4.78 is 115. The predicted molar refractivity (Wildman–Crippen MR) is 114 cm³/mol. The number of nitro groups is 1. The molecule has 17 heteroatoms. The Balaban J connectivity index is 2.25. The van der Waals surface area contributed by atoms with Crippen molar-refractivity contribution in [2.75, 3.05) is 17.3 Å². The van der Waals surface area contributed by atoms with Crippen LogP contribution in [0.4, 0.5) is 42.1 Å². The van der Waals surface area contributed by atoms with E-state index in [1.807, 2.05) is 5.32 Å². The quantitative estimate of drug-likeness (QED) is 0.199. The molecule has 0 aliphatic carbocycles. The summed E-state index contributed by atoms with van der Waals surface area (Å²) in [7, 11) is -3.98. The van der Waals surface area contributed by atoms with E-state index in [2.05, 4.69) is 0 Å². The van der Waals surface area contributed by atoms with E-state index in [-0.39, 0.29) is 4.90 Å². The van der Waals surface area contributed by atoms with E-state index in [9.17, 15) is 54.1 Å². The Morgan fingerprint density at radius 1 is 1.06 bits per heavy atom. The molecule has 0 spiro atoms. The van der Waals surface area contributed by atoms with E-state index < -0.39 is 88.5 Å². The molecule has 1 amide bonds. The first kappa shape index (κ1) is 28.7. The molecule has 0 saturated carbocycles. The van der Waals surface area contributed by atoms with Gasteiger partial charge in [-0.2, -0.15) is 30.7 Å². The fourth-order valence-corrected chi connectivity index (χ4v) is 4.91. The third-order valence-corrected chi connectivity index (χ3v) is 7.45. The van der Waals surface area contributed by atoms with Gasteiger partial charge in [-0.1, -0.05) is 12.1 Å². The van der Waals surface area contributed by atoms with Crippen molar-refractivity contribution >= 4 is 50.6 Å². The fraction of sp³-hybridized carbons (Fsp3) is 0.278. The third kappa shape index (κ3) is 6.58. The Bertz CT molecular complexity index is 1190. The number of nitrogens with one attached hydrogen (secondary N) is 1. The smallest absolute Gasteiger partial charge is 0.324 e. The van der Waals surface area contributed by atoms with Crippen LogP contribution in [0.1, 0.15) is 0 Å². The number of para-hydroxylation sites is 1. The Kier molecular flexibility index (Phi) is 8.70. The summed E-state index contributed by atoms with van der Waals surface area (Å²) in [6.45, 7) is 0. The summed E-state index contributed by atoms with van der Waals surface area (Å²) in [6, 6.07) is 6.98. The number of anilines is 1. The molecule has 35 heavy (non-hydrogen) atoms. The van der Waals surface area contributed by atoms with E-state index in [0.717, 1.165) is 36.4 Å². The summed E-state index contributed by atoms with van der Waals surface area (Å²) in [5.74, 6) is -8.51. The van der Waals surface area contributed by atoms with Crippen molar-refractivity contribution in [2.24, 2.45) is 0 Å². The summed E-state index contributed by atoms with van der Waals surface area (Å²) in [5, 5.41) is 7.59. The van der Waals surface area contributed by atoms with Crippen molar-refractivity contribution in [3.63, 3.8) is 0 Å². The number of nitro benzene ring substituents is 1. The van der Waals surface area contributed by atoms with Gasteiger partial charge in [-0.3, -0.25) is 23.3 Å². The van der Waals surface area contributed by atoms with Crippen LogP contribution in [-0.4, -0.2) is 48.6 Å². The molecule has 0 fully saturated rings. The van der Waals surface area contributed by atoms with E-state index in [4.69, 9.17) is 0 Å². The van der Waals surface area contributed by atoms with Gasteiger partial charge in [-0.15, -0.1) is 0 Å². The molecule has 2 unspecified atom stereocenters. The second kappa shape index (κ2) is 10.6. The maximum atomic E-state index is 13.8. The number of alkyl halides is 7. The normalized spacial score (nSPS) is 14.3. The number of benzene rings is 2. The molecular formula is C18H13F7N2O5S3. The minimum absolute atomic E-state index is 0.0458. The molecule has 0 saturated heterocycles. The topological polar surface area (TPSA) is 106 Å². The molecule has 0 radical (unpaired) electrons. The lowest BCUT2D eigenvalue weighted by Gasteiger charge is -2.28. The number of nitrogens with zero attached hydrogens (tertiary/aromatic N) is 1. The summed E-state index contributed by atoms with van der Waals surface area (Å²) in [6.07, 6.45) is -5.31. The number of thioether (sulfide) groups is 1. The lowest BCUT2D eigenvalue weighted by molar-refractivity contribution is -0.388. The van der Waals surface area contributed by atoms with Gasteiger partial charge in [0.15, 0.2) is 0 Å². The third-order valence-electron chi connectivity index (χ3n) is 4.09. The van der Waals surface area contributed by atoms with E-state index in [1.165, 1.54) is 12.3 Å². The highest BCUT2D eigenvalue weighted by Gasteiger charge is 2.73. The fourth-order valence-electron chi connectivity index (χ4n) is 2.42. The Morgan fingerprint density at radius 3 is 2.20 bits per heavy atom. The highest BCUT2D eigenvalue weighted by atomic mass is 32.2. The maximum absolute atomic E-state index is 13.8. The first-order chi connectivity index (χ1) is 16.0. The maximum Gasteiger partial charge on any atom is 0.460 e. The van der Waals surface area contributed by atoms with Crippen molar-refractivity contribution < 1.29 is 48.9 Å². The SMILES string of the molecule is CS(=O)c1ccc(S(=O)CC(=O)Nc2ccccc2SC(F)(F)C(F)(F)C(F)(F)F)c([N+](=O)[O-])c1. The van der Waals surface area contributed by atoms with Gasteiger partial charge in [0.05, 0.1) is 32.2 Å². The van der Waals surface area contributed by atoms with Gasteiger partial charge in [0, 0.05) is 22.1 Å². The highest BCUT2D eigenvalue weighted by Crippen LogP contribution is 2.54. The van der Waals surface area contributed by atoms with Crippen LogP contribution in [0.5, 0.6) is 0 Å². The molecular weight excluding hydrogens is 553 g/mol. The molecule has 7 nitrogen and oxygen atoms in total. The number of carbonyl (C=O) groups is 1. The van der Waals surface area contributed by atoms with Gasteiger partial charge < -0.3 is 5.32 Å². The zero-order chi connectivity index (χ0) is 26.8. The number of halogens is 7. The van der Waals surface area contributed by atoms with Crippen molar-refractivity contribution in [2.45, 2.75) is 32.0 Å². The molecule has 2 rings (SSSR count). The van der Waals surface area contributed by atoms with Crippen LogP contribution in [-0.2, 0) is 26.4 Å². The summed E-state index contributed by atoms with van der Waals surface area (Å²) in [5.41, 5.74) is -1.28. The molecule has 192 valence electrons. The van der Waals surface area contributed by atoms with Crippen molar-refractivity contribution in [3.8, 4) is 0 Å². The number of amides is 1. The zero-order valence-electron chi connectivity index (χ0n) is 17.1. The van der Waals surface area contributed by atoms with Crippen LogP contribution in [0.15, 0.2) is 57.2 Å². The van der Waals surface area contributed by atoms with Crippen LogP contribution in [0.2, 0.25) is 0 Å². The second-order valence-corrected chi connectivity index (χ2v) is 10.5. The first-order valence-corrected chi connectivity index (χ1v) is 12.6. The average Bonchev–Trinajstić information content (AvgIpc) is 2.73. The number of hydrogen-bond acceptors (Lipinski definition) is 6. The summed E-state index contributed by atoms with van der Waals surface area (Å²) >= 11 is -1.14. The van der Waals surface area contributed by atoms with Crippen LogP contribution in [0, 0.1) is 10.1 Å². The largest absolute Gasteiger partial charge is 0.460 e. The molecule has 0 bridgehead atoms. The van der Waals surface area contributed by atoms with Gasteiger partial charge in [0.1, 0.15) is 10.6 Å². The number of carbonyl (C=O) groups excluding carboxylic acids is 1. The van der Waals surface area contributed by atoms with Gasteiger partial charge in [-0.05, 0) is 36.0 Å². The van der Waals surface area contributed by atoms with Crippen LogP contribution in [0.3, 0.4) is 0 Å². The van der Waals surface area contributed by atoms with Crippen LogP contribution < -0.4 is 5.32 Å². The Labute approximate surface area is 201 Å². The number of hydrogen-bond donors (Lipinski definition) is 1. The summed E-state index contributed by atoms with van der Waals surface area (Å²) in [4.78, 5) is 21.4. The second-order valence-electron chi connectivity index (χ2n) is 6.57.